The summed E-state index contributed by atoms with van der Waals surface area (Å²) in [6.07, 6.45) is 1.93. The Morgan fingerprint density at radius 1 is 0.765 bits per heavy atom. The van der Waals surface area contributed by atoms with Crippen molar-refractivity contribution in [3.63, 3.8) is 0 Å². The topological polar surface area (TPSA) is 85.2 Å². The summed E-state index contributed by atoms with van der Waals surface area (Å²) in [5, 5.41) is 6.12. The van der Waals surface area contributed by atoms with Crippen LogP contribution in [-0.2, 0) is 25.0 Å². The first-order chi connectivity index (χ1) is 24.7. The van der Waals surface area contributed by atoms with Crippen LogP contribution in [0.5, 0.6) is 11.8 Å². The number of hydrogen-bond donors (Lipinski definition) is 0. The fraction of sp³-hybridized carbons (Fsp3) is 0.390. The highest BCUT2D eigenvalue weighted by Gasteiger charge is 2.31. The average Bonchev–Trinajstić information content (AvgIpc) is 3.49. The molecule has 0 N–H and O–H groups in total. The minimum Gasteiger partial charge on any atom is -0.473 e. The van der Waals surface area contributed by atoms with E-state index in [0.717, 1.165) is 72.3 Å². The number of anilines is 1. The van der Waals surface area contributed by atoms with Crippen LogP contribution in [-0.4, -0.2) is 81.6 Å². The molecule has 0 radical (unpaired) electrons. The van der Waals surface area contributed by atoms with Crippen LogP contribution in [0.3, 0.4) is 0 Å². The summed E-state index contributed by atoms with van der Waals surface area (Å²) in [5.74, 6) is 0.989. The molecule has 4 heterocycles. The highest BCUT2D eigenvalue weighted by atomic mass is 16.6. The lowest BCUT2D eigenvalue weighted by atomic mass is 10.0. The van der Waals surface area contributed by atoms with Crippen LogP contribution >= 0.6 is 0 Å². The molecule has 0 atom stereocenters. The number of aromatic nitrogens is 3. The van der Waals surface area contributed by atoms with Crippen molar-refractivity contribution in [2.75, 3.05) is 44.2 Å². The van der Waals surface area contributed by atoms with E-state index in [1.807, 2.05) is 110 Å². The monoisotopic (exact) mass is 688 g/mol. The summed E-state index contributed by atoms with van der Waals surface area (Å²) < 4.78 is 20.1. The molecule has 2 aliphatic heterocycles. The van der Waals surface area contributed by atoms with E-state index in [9.17, 15) is 4.79 Å². The van der Waals surface area contributed by atoms with Crippen molar-refractivity contribution in [2.24, 2.45) is 7.05 Å². The number of aryl methyl sites for hydroxylation is 1. The van der Waals surface area contributed by atoms with Gasteiger partial charge in [-0.05, 0) is 56.9 Å². The molecule has 0 aliphatic carbocycles. The van der Waals surface area contributed by atoms with E-state index in [2.05, 4.69) is 28.0 Å². The second-order valence-corrected chi connectivity index (χ2v) is 14.4. The van der Waals surface area contributed by atoms with Crippen molar-refractivity contribution in [3.05, 3.63) is 102 Å². The minimum absolute atomic E-state index is 0.210. The van der Waals surface area contributed by atoms with Crippen LogP contribution in [0.2, 0.25) is 0 Å². The first-order valence-corrected chi connectivity index (χ1v) is 18.0. The molecule has 2 aromatic heterocycles. The molecule has 0 bridgehead atoms. The van der Waals surface area contributed by atoms with Gasteiger partial charge in [-0.25, -0.2) is 4.79 Å². The number of fused-ring (bicyclic) bond motifs is 1. The van der Waals surface area contributed by atoms with Crippen molar-refractivity contribution in [1.82, 2.24) is 24.6 Å². The van der Waals surface area contributed by atoms with Crippen molar-refractivity contribution in [1.29, 1.82) is 0 Å². The average molecular weight is 689 g/mol. The molecule has 0 spiro atoms. The van der Waals surface area contributed by atoms with Gasteiger partial charge in [-0.2, -0.15) is 10.1 Å². The van der Waals surface area contributed by atoms with E-state index >= 15 is 0 Å². The first-order valence-electron chi connectivity index (χ1n) is 18.0. The second-order valence-electron chi connectivity index (χ2n) is 14.4. The van der Waals surface area contributed by atoms with Gasteiger partial charge in [0, 0.05) is 63.8 Å². The summed E-state index contributed by atoms with van der Waals surface area (Å²) in [5.41, 5.74) is 5.59. The molecule has 2 aliphatic rings. The first kappa shape index (κ1) is 34.4. The van der Waals surface area contributed by atoms with E-state index in [0.29, 0.717) is 44.1 Å². The summed E-state index contributed by atoms with van der Waals surface area (Å²) >= 11 is 0. The minimum atomic E-state index is -0.476. The number of para-hydroxylation sites is 1. The maximum absolute atomic E-state index is 12.6. The van der Waals surface area contributed by atoms with Crippen molar-refractivity contribution < 1.29 is 19.0 Å². The predicted octanol–water partition coefficient (Wildman–Crippen LogP) is 7.31. The number of ether oxygens (including phenoxy) is 3. The standard InChI is InChI=1S/C41H48N6O4/c1-41(2,3)51-40(48)47-26-24-45(25-27-47)32-20-22-46(23-21-32)35-17-11-16-33-37(43-44(4)38(33)35)34-18-19-36(49-28-30-12-7-5-8-13-30)42-39(34)50-29-31-14-9-6-10-15-31/h5-19,32H,20-29H2,1-4H3. The summed E-state index contributed by atoms with van der Waals surface area (Å²) in [4.78, 5) is 24.3. The van der Waals surface area contributed by atoms with Crippen LogP contribution in [0.1, 0.15) is 44.7 Å². The highest BCUT2D eigenvalue weighted by Crippen LogP contribution is 2.39. The number of carbonyl (C=O) groups excluding carboxylic acids is 1. The third-order valence-electron chi connectivity index (χ3n) is 9.67. The van der Waals surface area contributed by atoms with Gasteiger partial charge in [0.2, 0.25) is 11.8 Å². The van der Waals surface area contributed by atoms with Gasteiger partial charge in [-0.3, -0.25) is 9.58 Å². The SMILES string of the molecule is Cn1nc(-c2ccc(OCc3ccccc3)nc2OCc2ccccc2)c2cccc(N3CCC(N4CCN(C(=O)OC(C)(C)C)CC4)CC3)c21. The molecular formula is C41H48N6O4. The molecule has 5 aromatic rings. The molecule has 1 amide bonds. The number of rotatable bonds is 9. The molecule has 2 fully saturated rings. The number of amides is 1. The van der Waals surface area contributed by atoms with E-state index < -0.39 is 5.60 Å². The number of nitrogens with zero attached hydrogens (tertiary/aromatic N) is 6. The normalized spacial score (nSPS) is 16.0. The van der Waals surface area contributed by atoms with Gasteiger partial charge < -0.3 is 24.0 Å². The van der Waals surface area contributed by atoms with Crippen LogP contribution in [0, 0.1) is 0 Å². The number of hydrogen-bond acceptors (Lipinski definition) is 8. The van der Waals surface area contributed by atoms with Gasteiger partial charge in [-0.1, -0.05) is 72.8 Å². The zero-order valence-electron chi connectivity index (χ0n) is 30.1. The van der Waals surface area contributed by atoms with Gasteiger partial charge in [0.05, 0.1) is 16.8 Å². The molecule has 51 heavy (non-hydrogen) atoms. The van der Waals surface area contributed by atoms with Crippen LogP contribution in [0.4, 0.5) is 10.5 Å². The zero-order chi connectivity index (χ0) is 35.4. The van der Waals surface area contributed by atoms with Crippen LogP contribution < -0.4 is 14.4 Å². The van der Waals surface area contributed by atoms with Crippen molar-refractivity contribution >= 4 is 22.7 Å². The largest absolute Gasteiger partial charge is 0.473 e. The fourth-order valence-corrected chi connectivity index (χ4v) is 7.09. The Morgan fingerprint density at radius 3 is 2.06 bits per heavy atom. The number of benzene rings is 3. The van der Waals surface area contributed by atoms with E-state index in [-0.39, 0.29) is 6.09 Å². The Balaban J connectivity index is 1.08. The number of carbonyl (C=O) groups is 1. The quantitative estimate of drug-likeness (QED) is 0.159. The molecular weight excluding hydrogens is 640 g/mol. The highest BCUT2D eigenvalue weighted by molar-refractivity contribution is 6.01. The van der Waals surface area contributed by atoms with Gasteiger partial charge in [-0.15, -0.1) is 0 Å². The lowest BCUT2D eigenvalue weighted by Gasteiger charge is -2.43. The van der Waals surface area contributed by atoms with E-state index in [1.165, 1.54) is 5.69 Å². The van der Waals surface area contributed by atoms with Crippen LogP contribution in [0.15, 0.2) is 91.0 Å². The van der Waals surface area contributed by atoms with Gasteiger partial charge >= 0.3 is 6.09 Å². The zero-order valence-corrected chi connectivity index (χ0v) is 30.1. The molecule has 7 rings (SSSR count). The summed E-state index contributed by atoms with van der Waals surface area (Å²) in [6, 6.07) is 31.1. The fourth-order valence-electron chi connectivity index (χ4n) is 7.09. The second kappa shape index (κ2) is 15.0. The predicted molar refractivity (Wildman–Crippen MR) is 200 cm³/mol. The molecule has 10 heteroatoms. The van der Waals surface area contributed by atoms with Crippen molar-refractivity contribution in [3.8, 4) is 23.0 Å². The lowest BCUT2D eigenvalue weighted by molar-refractivity contribution is 0.00902. The molecule has 3 aromatic carbocycles. The lowest BCUT2D eigenvalue weighted by Crippen LogP contribution is -2.55. The molecule has 0 unspecified atom stereocenters. The summed E-state index contributed by atoms with van der Waals surface area (Å²) in [6.45, 7) is 11.6. The van der Waals surface area contributed by atoms with Gasteiger partial charge in [0.15, 0.2) is 0 Å². The van der Waals surface area contributed by atoms with E-state index in [4.69, 9.17) is 24.3 Å². The Morgan fingerprint density at radius 2 is 1.41 bits per heavy atom. The summed E-state index contributed by atoms with van der Waals surface area (Å²) in [7, 11) is 2.02. The maximum atomic E-state index is 12.6. The molecule has 2 saturated heterocycles. The van der Waals surface area contributed by atoms with Crippen LogP contribution in [0.25, 0.3) is 22.2 Å². The molecule has 266 valence electrons. The number of piperazine rings is 1. The van der Waals surface area contributed by atoms with Crippen molar-refractivity contribution in [2.45, 2.75) is 58.5 Å². The van der Waals surface area contributed by atoms with E-state index in [1.54, 1.807) is 0 Å². The Hall–Kier alpha value is -5.09. The Bertz CT molecular complexity index is 1920. The Kier molecular flexibility index (Phi) is 10.1. The third-order valence-corrected chi connectivity index (χ3v) is 9.67. The van der Waals surface area contributed by atoms with Gasteiger partial charge in [0.25, 0.3) is 0 Å². The van der Waals surface area contributed by atoms with Gasteiger partial charge in [0.1, 0.15) is 24.5 Å². The molecule has 10 nitrogen and oxygen atoms in total. The smallest absolute Gasteiger partial charge is 0.410 e. The number of piperidine rings is 1. The number of pyridine rings is 1. The Labute approximate surface area is 300 Å². The molecule has 0 saturated carbocycles. The third kappa shape index (κ3) is 8.12. The maximum Gasteiger partial charge on any atom is 0.410 e.